The van der Waals surface area contributed by atoms with E-state index in [1.54, 1.807) is 6.20 Å². The van der Waals surface area contributed by atoms with Crippen molar-refractivity contribution in [2.45, 2.75) is 31.9 Å². The molecule has 0 saturated carbocycles. The number of carbonyl (C=O) groups excluding carboxylic acids is 1. The number of nitrogens with one attached hydrogen (secondary N) is 1. The number of aryl methyl sites for hydroxylation is 1. The van der Waals surface area contributed by atoms with E-state index in [0.717, 1.165) is 38.5 Å². The van der Waals surface area contributed by atoms with Crippen molar-refractivity contribution in [1.82, 2.24) is 19.8 Å². The third kappa shape index (κ3) is 3.63. The molecule has 7 heteroatoms. The van der Waals surface area contributed by atoms with Gasteiger partial charge in [0.05, 0.1) is 19.1 Å². The zero-order chi connectivity index (χ0) is 17.2. The third-order valence-electron chi connectivity index (χ3n) is 5.04. The lowest BCUT2D eigenvalue weighted by molar-refractivity contribution is -0.127. The van der Waals surface area contributed by atoms with Crippen molar-refractivity contribution < 1.29 is 14.3 Å². The molecule has 2 saturated heterocycles. The summed E-state index contributed by atoms with van der Waals surface area (Å²) in [6, 6.07) is 0. The Labute approximate surface area is 143 Å². The third-order valence-corrected chi connectivity index (χ3v) is 5.04. The number of ether oxygens (including phenoxy) is 2. The molecule has 3 heterocycles. The lowest BCUT2D eigenvalue weighted by Gasteiger charge is -2.42. The lowest BCUT2D eigenvalue weighted by Crippen LogP contribution is -2.55. The van der Waals surface area contributed by atoms with Gasteiger partial charge < -0.3 is 19.4 Å². The van der Waals surface area contributed by atoms with Gasteiger partial charge in [0, 0.05) is 51.2 Å². The van der Waals surface area contributed by atoms with Crippen molar-refractivity contribution in [3.05, 3.63) is 18.2 Å². The topological polar surface area (TPSA) is 68.6 Å². The first kappa shape index (κ1) is 17.4. The molecule has 1 N–H and O–H groups in total. The first-order valence-electron chi connectivity index (χ1n) is 8.68. The van der Waals surface area contributed by atoms with E-state index in [1.807, 2.05) is 17.8 Å². The maximum atomic E-state index is 12.6. The van der Waals surface area contributed by atoms with Crippen molar-refractivity contribution in [2.24, 2.45) is 13.0 Å². The molecule has 2 atom stereocenters. The molecule has 1 amide bonds. The summed E-state index contributed by atoms with van der Waals surface area (Å²) in [5.74, 6) is 0.720. The predicted molar refractivity (Wildman–Crippen MR) is 89.5 cm³/mol. The molecular weight excluding hydrogens is 308 g/mol. The normalized spacial score (nSPS) is 27.3. The molecule has 0 spiro atoms. The smallest absolute Gasteiger partial charge is 0.226 e. The average molecular weight is 336 g/mol. The molecule has 1 aromatic rings. The van der Waals surface area contributed by atoms with Crippen molar-refractivity contribution >= 4 is 5.91 Å². The van der Waals surface area contributed by atoms with Crippen LogP contribution in [-0.2, 0) is 21.3 Å². The Morgan fingerprint density at radius 3 is 3.00 bits per heavy atom. The van der Waals surface area contributed by atoms with E-state index in [-0.39, 0.29) is 23.5 Å². The minimum Gasteiger partial charge on any atom is -0.378 e. The van der Waals surface area contributed by atoms with Gasteiger partial charge in [-0.1, -0.05) is 0 Å². The van der Waals surface area contributed by atoms with Crippen LogP contribution in [0, 0.1) is 5.92 Å². The largest absolute Gasteiger partial charge is 0.378 e. The summed E-state index contributed by atoms with van der Waals surface area (Å²) in [6.45, 7) is 8.84. The molecule has 134 valence electrons. The first-order chi connectivity index (χ1) is 11.5. The van der Waals surface area contributed by atoms with E-state index in [1.165, 1.54) is 0 Å². The number of morpholine rings is 1. The molecule has 3 rings (SSSR count). The second-order valence-electron chi connectivity index (χ2n) is 7.23. The molecule has 24 heavy (non-hydrogen) atoms. The summed E-state index contributed by atoms with van der Waals surface area (Å²) < 4.78 is 13.2. The van der Waals surface area contributed by atoms with Crippen molar-refractivity contribution in [3.8, 4) is 0 Å². The Hall–Kier alpha value is -1.44. The van der Waals surface area contributed by atoms with Crippen LogP contribution in [0.4, 0.5) is 0 Å². The molecular formula is C17H28N4O3. The fourth-order valence-corrected chi connectivity index (χ4v) is 3.51. The molecule has 0 bridgehead atoms. The molecule has 0 aromatic carbocycles. The van der Waals surface area contributed by atoms with E-state index >= 15 is 0 Å². The van der Waals surface area contributed by atoms with E-state index in [9.17, 15) is 4.79 Å². The van der Waals surface area contributed by atoms with Crippen molar-refractivity contribution in [2.75, 3.05) is 39.5 Å². The van der Waals surface area contributed by atoms with Gasteiger partial charge in [-0.2, -0.15) is 0 Å². The van der Waals surface area contributed by atoms with Crippen LogP contribution in [0.25, 0.3) is 0 Å². The van der Waals surface area contributed by atoms with Gasteiger partial charge in [0.25, 0.3) is 0 Å². The summed E-state index contributed by atoms with van der Waals surface area (Å²) in [6.07, 6.45) is 4.12. The Morgan fingerprint density at radius 2 is 2.29 bits per heavy atom. The number of rotatable bonds is 5. The Morgan fingerprint density at radius 1 is 1.46 bits per heavy atom. The minimum atomic E-state index is -0.246. The number of hydrogen-bond donors (Lipinski definition) is 1. The number of nitrogens with zero attached hydrogens (tertiary/aromatic N) is 3. The first-order valence-corrected chi connectivity index (χ1v) is 8.68. The van der Waals surface area contributed by atoms with E-state index < -0.39 is 0 Å². The van der Waals surface area contributed by atoms with Gasteiger partial charge in [-0.15, -0.1) is 0 Å². The molecule has 0 radical (unpaired) electrons. The predicted octanol–water partition coefficient (Wildman–Crippen LogP) is 0.725. The Bertz CT molecular complexity index is 572. The lowest BCUT2D eigenvalue weighted by atomic mass is 9.99. The summed E-state index contributed by atoms with van der Waals surface area (Å²) in [4.78, 5) is 19.3. The summed E-state index contributed by atoms with van der Waals surface area (Å²) in [5, 5.41) is 3.08. The van der Waals surface area contributed by atoms with Crippen LogP contribution in [0.1, 0.15) is 32.2 Å². The van der Waals surface area contributed by atoms with Crippen LogP contribution in [0.15, 0.2) is 12.4 Å². The zero-order valence-corrected chi connectivity index (χ0v) is 14.8. The summed E-state index contributed by atoms with van der Waals surface area (Å²) in [5.41, 5.74) is 0.0228. The number of imidazole rings is 1. The van der Waals surface area contributed by atoms with Gasteiger partial charge >= 0.3 is 0 Å². The van der Waals surface area contributed by atoms with Crippen LogP contribution in [-0.4, -0.2) is 65.4 Å². The maximum absolute atomic E-state index is 12.6. The van der Waals surface area contributed by atoms with E-state index in [2.05, 4.69) is 29.0 Å². The fraction of sp³-hybridized carbons (Fsp3) is 0.765. The van der Waals surface area contributed by atoms with Crippen molar-refractivity contribution in [1.29, 1.82) is 0 Å². The number of hydrogen-bond acceptors (Lipinski definition) is 5. The second-order valence-corrected chi connectivity index (χ2v) is 7.23. The van der Waals surface area contributed by atoms with Crippen LogP contribution in [0.2, 0.25) is 0 Å². The number of carbonyl (C=O) groups is 1. The molecule has 7 nitrogen and oxygen atoms in total. The van der Waals surface area contributed by atoms with Crippen LogP contribution < -0.4 is 5.32 Å². The average Bonchev–Trinajstić information content (AvgIpc) is 3.16. The Balaban J connectivity index is 1.52. The molecule has 2 fully saturated rings. The molecule has 0 unspecified atom stereocenters. The number of aromatic nitrogens is 2. The highest BCUT2D eigenvalue weighted by Gasteiger charge is 2.37. The molecule has 0 aliphatic carbocycles. The van der Waals surface area contributed by atoms with Gasteiger partial charge in [-0.25, -0.2) is 4.98 Å². The highest BCUT2D eigenvalue weighted by atomic mass is 16.5. The molecule has 1 aromatic heterocycles. The van der Waals surface area contributed by atoms with Gasteiger partial charge in [0.1, 0.15) is 11.9 Å². The monoisotopic (exact) mass is 336 g/mol. The number of amides is 1. The SMILES string of the molecule is Cn1ccnc1[C@@H]1OCC[C@H]1C(=O)NCCN1CCOCC1(C)C. The summed E-state index contributed by atoms with van der Waals surface area (Å²) in [7, 11) is 1.93. The molecule has 2 aliphatic heterocycles. The fourth-order valence-electron chi connectivity index (χ4n) is 3.51. The van der Waals surface area contributed by atoms with Gasteiger partial charge in [0.15, 0.2) is 0 Å². The van der Waals surface area contributed by atoms with E-state index in [4.69, 9.17) is 9.47 Å². The highest BCUT2D eigenvalue weighted by Crippen LogP contribution is 2.33. The van der Waals surface area contributed by atoms with Crippen LogP contribution >= 0.6 is 0 Å². The van der Waals surface area contributed by atoms with Crippen LogP contribution in [0.3, 0.4) is 0 Å². The maximum Gasteiger partial charge on any atom is 0.226 e. The summed E-state index contributed by atoms with van der Waals surface area (Å²) >= 11 is 0. The molecule has 2 aliphatic rings. The van der Waals surface area contributed by atoms with E-state index in [0.29, 0.717) is 13.2 Å². The highest BCUT2D eigenvalue weighted by molar-refractivity contribution is 5.79. The standard InChI is InChI=1S/C17H28N4O3/c1-17(2)12-23-11-9-21(17)8-6-19-16(22)13-4-10-24-14(13)15-18-5-7-20(15)3/h5,7,13-14H,4,6,8-12H2,1-3H3,(H,19,22)/t13-,14-/m1/s1. The Kier molecular flexibility index (Phi) is 5.22. The van der Waals surface area contributed by atoms with Crippen molar-refractivity contribution in [3.63, 3.8) is 0 Å². The second kappa shape index (κ2) is 7.21. The quantitative estimate of drug-likeness (QED) is 0.858. The zero-order valence-electron chi connectivity index (χ0n) is 14.8. The minimum absolute atomic E-state index is 0.0228. The van der Waals surface area contributed by atoms with Crippen LogP contribution in [0.5, 0.6) is 0 Å². The van der Waals surface area contributed by atoms with Gasteiger partial charge in [0.2, 0.25) is 5.91 Å². The van der Waals surface area contributed by atoms with Gasteiger partial charge in [-0.05, 0) is 20.3 Å². The van der Waals surface area contributed by atoms with Gasteiger partial charge in [-0.3, -0.25) is 9.69 Å².